The Hall–Kier alpha value is -3.58. The van der Waals surface area contributed by atoms with Crippen molar-refractivity contribution in [2.75, 3.05) is 48.8 Å². The molecule has 3 rings (SSSR count). The van der Waals surface area contributed by atoms with Crippen molar-refractivity contribution in [3.05, 3.63) is 48.1 Å². The van der Waals surface area contributed by atoms with Crippen LogP contribution in [0.3, 0.4) is 0 Å². The van der Waals surface area contributed by atoms with Gasteiger partial charge in [-0.3, -0.25) is 0 Å². The number of aromatic nitrogens is 3. The van der Waals surface area contributed by atoms with Crippen LogP contribution in [0.5, 0.6) is 0 Å². The molecule has 13 heteroatoms. The Labute approximate surface area is 229 Å². The molecule has 2 aromatic heterocycles. The third kappa shape index (κ3) is 11.0. The lowest BCUT2D eigenvalue weighted by atomic mass is 10.1. The van der Waals surface area contributed by atoms with Gasteiger partial charge in [0.15, 0.2) is 5.82 Å². The summed E-state index contributed by atoms with van der Waals surface area (Å²) in [4.78, 5) is 30.9. The quantitative estimate of drug-likeness (QED) is 0.175. The van der Waals surface area contributed by atoms with E-state index in [-0.39, 0.29) is 12.2 Å². The first-order chi connectivity index (χ1) is 18.7. The zero-order valence-electron chi connectivity index (χ0n) is 22.3. The number of aliphatic carboxylic acids is 1. The molecule has 5 N–H and O–H groups in total. The summed E-state index contributed by atoms with van der Waals surface area (Å²) < 4.78 is 23.6. The summed E-state index contributed by atoms with van der Waals surface area (Å²) in [5.41, 5.74) is 7.58. The highest BCUT2D eigenvalue weighted by atomic mass is 32.2. The van der Waals surface area contributed by atoms with E-state index in [2.05, 4.69) is 37.7 Å². The van der Waals surface area contributed by atoms with Gasteiger partial charge in [0.05, 0.1) is 5.75 Å². The average molecular weight is 559 g/mol. The van der Waals surface area contributed by atoms with Crippen LogP contribution in [0.15, 0.2) is 41.8 Å². The third-order valence-electron chi connectivity index (χ3n) is 6.30. The maximum absolute atomic E-state index is 12.0. The van der Waals surface area contributed by atoms with Crippen molar-refractivity contribution in [3.8, 4) is 0 Å². The van der Waals surface area contributed by atoms with E-state index >= 15 is 0 Å². The molecular weight excluding hydrogens is 520 g/mol. The molecule has 0 radical (unpaired) electrons. The maximum atomic E-state index is 12.0. The van der Waals surface area contributed by atoms with Crippen LogP contribution in [0, 0.1) is 0 Å². The number of carboxylic acids is 1. The number of allylic oxidation sites excluding steroid dienone is 1. The first-order valence-corrected chi connectivity index (χ1v) is 15.1. The van der Waals surface area contributed by atoms with Gasteiger partial charge < -0.3 is 26.4 Å². The van der Waals surface area contributed by atoms with Crippen LogP contribution < -0.4 is 16.4 Å². The Morgan fingerprint density at radius 1 is 1.28 bits per heavy atom. The second-order valence-electron chi connectivity index (χ2n) is 9.52. The number of carboxylic acid groups (broad SMARTS) is 1. The molecule has 12 nitrogen and oxygen atoms in total. The molecule has 0 saturated heterocycles. The van der Waals surface area contributed by atoms with Gasteiger partial charge in [0.1, 0.15) is 33.8 Å². The molecule has 0 amide bonds. The Morgan fingerprint density at radius 2 is 2.13 bits per heavy atom. The number of hydrogen-bond donors (Lipinski definition) is 4. The van der Waals surface area contributed by atoms with Crippen LogP contribution in [0.4, 0.5) is 17.5 Å². The number of nitrogens with one attached hydrogen (secondary N) is 2. The van der Waals surface area contributed by atoms with Gasteiger partial charge in [-0.2, -0.15) is 0 Å². The van der Waals surface area contributed by atoms with Crippen molar-refractivity contribution in [1.82, 2.24) is 19.9 Å². The number of nitrogens with two attached hydrogens (primary N) is 1. The molecule has 1 aliphatic rings. The van der Waals surface area contributed by atoms with Crippen LogP contribution in [-0.2, 0) is 27.5 Å². The highest BCUT2D eigenvalue weighted by molar-refractivity contribution is 7.90. The fraction of sp³-hybridized carbons (Fsp3) is 0.500. The van der Waals surface area contributed by atoms with E-state index < -0.39 is 21.8 Å². The van der Waals surface area contributed by atoms with Gasteiger partial charge in [0, 0.05) is 43.9 Å². The topological polar surface area (TPSA) is 176 Å². The standard InChI is InChI=1S/C26H38N8O4S/c1-39(37,38)17-16-34(14-3-2-7-21-9-8-20-6-4-12-29-25(20)32-21)15-10-22(26(35)36)33-24-18-23(30-19-31-24)28-13-5-11-27/h5,8-9,11,13,18-19,22H,2-4,6-7,10,12,14-17,27H2,1H3,(H,29,32)(H,35,36)(H,30,31,33). The van der Waals surface area contributed by atoms with Gasteiger partial charge in [-0.1, -0.05) is 6.07 Å². The van der Waals surface area contributed by atoms with Crippen molar-refractivity contribution in [3.63, 3.8) is 0 Å². The SMILES string of the molecule is CS(=O)(=O)CCN(CCCCc1ccc2c(n1)NCCC2)CCC(Nc1cc(N=CC=CN)ncn1)C(=O)O. The van der Waals surface area contributed by atoms with E-state index in [1.54, 1.807) is 12.1 Å². The number of aryl methyl sites for hydroxylation is 2. The van der Waals surface area contributed by atoms with Crippen molar-refractivity contribution in [2.24, 2.45) is 10.7 Å². The van der Waals surface area contributed by atoms with Crippen LogP contribution in [0.25, 0.3) is 0 Å². The molecule has 212 valence electrons. The molecule has 1 aliphatic heterocycles. The van der Waals surface area contributed by atoms with Crippen LogP contribution >= 0.6 is 0 Å². The Bertz CT molecular complexity index is 1250. The number of nitrogens with zero attached hydrogens (tertiary/aromatic N) is 5. The molecule has 0 fully saturated rings. The molecule has 0 aromatic carbocycles. The highest BCUT2D eigenvalue weighted by Crippen LogP contribution is 2.20. The van der Waals surface area contributed by atoms with E-state index in [0.717, 1.165) is 50.2 Å². The summed E-state index contributed by atoms with van der Waals surface area (Å²) in [6, 6.07) is 4.84. The second kappa shape index (κ2) is 15.1. The Balaban J connectivity index is 1.55. The Kier molecular flexibility index (Phi) is 11.6. The monoisotopic (exact) mass is 558 g/mol. The normalized spacial score (nSPS) is 14.4. The highest BCUT2D eigenvalue weighted by Gasteiger charge is 2.20. The number of rotatable bonds is 16. The lowest BCUT2D eigenvalue weighted by Crippen LogP contribution is -2.37. The molecule has 1 unspecified atom stereocenters. The van der Waals surface area contributed by atoms with Crippen molar-refractivity contribution < 1.29 is 18.3 Å². The number of hydrogen-bond acceptors (Lipinski definition) is 11. The summed E-state index contributed by atoms with van der Waals surface area (Å²) in [6.07, 6.45) is 11.8. The lowest BCUT2D eigenvalue weighted by molar-refractivity contribution is -0.138. The summed E-state index contributed by atoms with van der Waals surface area (Å²) in [6.45, 7) is 2.36. The predicted octanol–water partition coefficient (Wildman–Crippen LogP) is 2.03. The summed E-state index contributed by atoms with van der Waals surface area (Å²) in [5, 5.41) is 16.1. The lowest BCUT2D eigenvalue weighted by Gasteiger charge is -2.24. The number of fused-ring (bicyclic) bond motifs is 1. The fourth-order valence-electron chi connectivity index (χ4n) is 4.19. The second-order valence-corrected chi connectivity index (χ2v) is 11.8. The van der Waals surface area contributed by atoms with Gasteiger partial charge in [-0.05, 0) is 69.0 Å². The van der Waals surface area contributed by atoms with Gasteiger partial charge >= 0.3 is 5.97 Å². The molecule has 1 atom stereocenters. The molecule has 3 heterocycles. The van der Waals surface area contributed by atoms with Crippen molar-refractivity contribution >= 4 is 39.5 Å². The number of carbonyl (C=O) groups is 1. The van der Waals surface area contributed by atoms with Crippen LogP contribution in [0.1, 0.15) is 36.9 Å². The summed E-state index contributed by atoms with van der Waals surface area (Å²) in [7, 11) is -3.15. The minimum absolute atomic E-state index is 0.0146. The van der Waals surface area contributed by atoms with E-state index in [9.17, 15) is 18.3 Å². The number of sulfone groups is 1. The van der Waals surface area contributed by atoms with Crippen LogP contribution in [0.2, 0.25) is 0 Å². The smallest absolute Gasteiger partial charge is 0.326 e. The van der Waals surface area contributed by atoms with Crippen molar-refractivity contribution in [2.45, 2.75) is 44.6 Å². The number of unbranched alkanes of at least 4 members (excludes halogenated alkanes) is 1. The average Bonchev–Trinajstić information content (AvgIpc) is 2.91. The maximum Gasteiger partial charge on any atom is 0.326 e. The predicted molar refractivity (Wildman–Crippen MR) is 153 cm³/mol. The molecule has 2 aromatic rings. The zero-order chi connectivity index (χ0) is 28.1. The van der Waals surface area contributed by atoms with Gasteiger partial charge in [-0.15, -0.1) is 0 Å². The molecule has 0 spiro atoms. The van der Waals surface area contributed by atoms with Gasteiger partial charge in [0.2, 0.25) is 0 Å². The first-order valence-electron chi connectivity index (χ1n) is 13.1. The largest absolute Gasteiger partial charge is 0.480 e. The Morgan fingerprint density at radius 3 is 2.90 bits per heavy atom. The van der Waals surface area contributed by atoms with Crippen LogP contribution in [-0.4, -0.2) is 89.8 Å². The zero-order valence-corrected chi connectivity index (χ0v) is 23.1. The fourth-order valence-corrected chi connectivity index (χ4v) is 4.78. The van der Waals surface area contributed by atoms with Crippen molar-refractivity contribution in [1.29, 1.82) is 0 Å². The van der Waals surface area contributed by atoms with E-state index in [0.29, 0.717) is 31.3 Å². The molecule has 0 bridgehead atoms. The van der Waals surface area contributed by atoms with E-state index in [4.69, 9.17) is 10.7 Å². The minimum Gasteiger partial charge on any atom is -0.480 e. The van der Waals surface area contributed by atoms with Gasteiger partial charge in [0.25, 0.3) is 0 Å². The summed E-state index contributed by atoms with van der Waals surface area (Å²) in [5.74, 6) is 0.654. The molecule has 0 aliphatic carbocycles. The third-order valence-corrected chi connectivity index (χ3v) is 7.22. The molecule has 0 saturated carbocycles. The van der Waals surface area contributed by atoms with E-state index in [1.165, 1.54) is 30.6 Å². The number of aliphatic imine (C=N–C) groups is 1. The summed E-state index contributed by atoms with van der Waals surface area (Å²) >= 11 is 0. The molecule has 39 heavy (non-hydrogen) atoms. The molecular formula is C26H38N8O4S. The number of anilines is 2. The number of pyridine rings is 1. The first kappa shape index (κ1) is 30.0. The van der Waals surface area contributed by atoms with E-state index in [1.807, 2.05) is 4.90 Å². The minimum atomic E-state index is -3.15. The van der Waals surface area contributed by atoms with Gasteiger partial charge in [-0.25, -0.2) is 33.2 Å².